The molecule has 6 nitrogen and oxygen atoms in total. The molecule has 0 radical (unpaired) electrons. The number of benzene rings is 1. The van der Waals surface area contributed by atoms with Crippen molar-refractivity contribution in [1.82, 2.24) is 15.0 Å². The molecule has 1 aromatic carbocycles. The first-order valence-corrected chi connectivity index (χ1v) is 8.80. The highest BCUT2D eigenvalue weighted by molar-refractivity contribution is 5.48. The zero-order chi connectivity index (χ0) is 19.0. The maximum Gasteiger partial charge on any atom is 0.573 e. The van der Waals surface area contributed by atoms with Gasteiger partial charge in [0.15, 0.2) is 5.82 Å². The van der Waals surface area contributed by atoms with Crippen LogP contribution in [0.3, 0.4) is 0 Å². The summed E-state index contributed by atoms with van der Waals surface area (Å²) in [6, 6.07) is 5.77. The van der Waals surface area contributed by atoms with E-state index in [0.29, 0.717) is 31.3 Å². The Morgan fingerprint density at radius 2 is 1.81 bits per heavy atom. The Morgan fingerprint density at radius 3 is 2.44 bits per heavy atom. The van der Waals surface area contributed by atoms with E-state index in [1.807, 2.05) is 0 Å². The van der Waals surface area contributed by atoms with Crippen molar-refractivity contribution in [3.05, 3.63) is 41.5 Å². The number of nitrogens with zero attached hydrogens (tertiary/aromatic N) is 3. The molecule has 4 rings (SSSR count). The van der Waals surface area contributed by atoms with Crippen molar-refractivity contribution in [3.63, 3.8) is 0 Å². The average Bonchev–Trinajstić information content (AvgIpc) is 3.37. The zero-order valence-electron chi connectivity index (χ0n) is 14.4. The van der Waals surface area contributed by atoms with Crippen LogP contribution in [-0.2, 0) is 4.79 Å². The van der Waals surface area contributed by atoms with E-state index in [1.54, 1.807) is 17.0 Å². The lowest BCUT2D eigenvalue weighted by Crippen LogP contribution is -2.37. The number of hydrogen-bond acceptors (Lipinski definition) is 5. The van der Waals surface area contributed by atoms with Crippen LogP contribution in [0.25, 0.3) is 0 Å². The van der Waals surface area contributed by atoms with E-state index in [1.165, 1.54) is 12.1 Å². The first kappa shape index (κ1) is 17.8. The molecule has 1 aromatic heterocycles. The first-order valence-electron chi connectivity index (χ1n) is 8.80. The van der Waals surface area contributed by atoms with E-state index in [-0.39, 0.29) is 17.6 Å². The minimum absolute atomic E-state index is 0.0369. The highest BCUT2D eigenvalue weighted by atomic mass is 19.4. The van der Waals surface area contributed by atoms with Crippen LogP contribution >= 0.6 is 0 Å². The van der Waals surface area contributed by atoms with Crippen LogP contribution in [0.15, 0.2) is 28.8 Å². The Bertz CT molecular complexity index is 802. The fourth-order valence-electron chi connectivity index (χ4n) is 3.50. The molecule has 0 bridgehead atoms. The number of carbonyl (C=O) groups excluding carboxylic acids is 1. The summed E-state index contributed by atoms with van der Waals surface area (Å²) in [4.78, 5) is 17.5. The van der Waals surface area contributed by atoms with Crippen molar-refractivity contribution in [3.8, 4) is 5.75 Å². The summed E-state index contributed by atoms with van der Waals surface area (Å²) in [7, 11) is 0. The van der Waals surface area contributed by atoms with Crippen LogP contribution in [0.4, 0.5) is 13.2 Å². The van der Waals surface area contributed by atoms with Gasteiger partial charge in [-0.15, -0.1) is 13.2 Å². The summed E-state index contributed by atoms with van der Waals surface area (Å²) >= 11 is 0. The van der Waals surface area contributed by atoms with Gasteiger partial charge in [-0.05, 0) is 37.0 Å². The Labute approximate surface area is 153 Å². The zero-order valence-corrected chi connectivity index (χ0v) is 14.4. The number of aromatic nitrogens is 2. The van der Waals surface area contributed by atoms with E-state index < -0.39 is 6.36 Å². The first-order chi connectivity index (χ1) is 12.9. The molecule has 1 aliphatic heterocycles. The molecule has 1 aliphatic carbocycles. The van der Waals surface area contributed by atoms with Gasteiger partial charge in [0, 0.05) is 24.9 Å². The quantitative estimate of drug-likeness (QED) is 0.741. The summed E-state index contributed by atoms with van der Waals surface area (Å²) in [5.41, 5.74) is 0.836. The number of carbonyl (C=O) groups is 1. The maximum atomic E-state index is 12.3. The van der Waals surface area contributed by atoms with Gasteiger partial charge >= 0.3 is 6.36 Å². The number of hydrogen-bond donors (Lipinski definition) is 0. The van der Waals surface area contributed by atoms with Gasteiger partial charge in [0.05, 0.1) is 5.92 Å². The van der Waals surface area contributed by atoms with E-state index in [4.69, 9.17) is 4.52 Å². The molecule has 2 atom stereocenters. The van der Waals surface area contributed by atoms with Gasteiger partial charge < -0.3 is 14.2 Å². The molecule has 144 valence electrons. The lowest BCUT2D eigenvalue weighted by molar-refractivity contribution is -0.274. The predicted octanol–water partition coefficient (Wildman–Crippen LogP) is 3.58. The van der Waals surface area contributed by atoms with Crippen LogP contribution in [0.2, 0.25) is 0 Å². The molecule has 1 saturated heterocycles. The van der Waals surface area contributed by atoms with Gasteiger partial charge in [0.1, 0.15) is 5.75 Å². The maximum absolute atomic E-state index is 12.3. The summed E-state index contributed by atoms with van der Waals surface area (Å²) in [6.07, 6.45) is -1.13. The van der Waals surface area contributed by atoms with Gasteiger partial charge in [-0.25, -0.2) is 0 Å². The second-order valence-corrected chi connectivity index (χ2v) is 7.07. The van der Waals surface area contributed by atoms with Gasteiger partial charge in [-0.1, -0.05) is 17.3 Å². The van der Waals surface area contributed by atoms with Crippen LogP contribution in [0, 0.1) is 0 Å². The molecule has 2 aromatic rings. The standard InChI is InChI=1S/C18H18F3N3O3/c19-18(20,21)26-15-5-3-11(4-6-15)13-7-14(9-24(8-13)10-25)17-22-16(23-27-17)12-1-2-12/h3-6,10,12-14H,1-2,7-9H2. The third kappa shape index (κ3) is 4.23. The molecule has 0 N–H and O–H groups in total. The van der Waals surface area contributed by atoms with Crippen LogP contribution in [-0.4, -0.2) is 40.9 Å². The highest BCUT2D eigenvalue weighted by Gasteiger charge is 2.35. The van der Waals surface area contributed by atoms with Crippen molar-refractivity contribution < 1.29 is 27.2 Å². The Morgan fingerprint density at radius 1 is 1.11 bits per heavy atom. The van der Waals surface area contributed by atoms with Crippen LogP contribution in [0.5, 0.6) is 5.75 Å². The minimum atomic E-state index is -4.72. The molecule has 2 fully saturated rings. The minimum Gasteiger partial charge on any atom is -0.406 e. The normalized spacial score (nSPS) is 23.3. The van der Waals surface area contributed by atoms with E-state index in [2.05, 4.69) is 14.9 Å². The second-order valence-electron chi connectivity index (χ2n) is 7.07. The number of alkyl halides is 3. The number of piperidine rings is 1. The van der Waals surface area contributed by atoms with Crippen LogP contribution < -0.4 is 4.74 Å². The molecule has 1 amide bonds. The van der Waals surface area contributed by atoms with Crippen molar-refractivity contribution in [1.29, 1.82) is 0 Å². The predicted molar refractivity (Wildman–Crippen MR) is 87.1 cm³/mol. The number of likely N-dealkylation sites (tertiary alicyclic amines) is 1. The highest BCUT2D eigenvalue weighted by Crippen LogP contribution is 2.40. The number of rotatable bonds is 5. The fraction of sp³-hybridized carbons (Fsp3) is 0.500. The summed E-state index contributed by atoms with van der Waals surface area (Å²) in [5.74, 6) is 1.22. The third-order valence-corrected chi connectivity index (χ3v) is 4.96. The van der Waals surface area contributed by atoms with Gasteiger partial charge in [0.2, 0.25) is 12.3 Å². The largest absolute Gasteiger partial charge is 0.573 e. The Balaban J connectivity index is 1.50. The number of halogens is 3. The SMILES string of the molecule is O=CN1CC(c2ccc(OC(F)(F)F)cc2)CC(c2nc(C3CC3)no2)C1. The second kappa shape index (κ2) is 6.86. The lowest BCUT2D eigenvalue weighted by Gasteiger charge is -2.34. The number of ether oxygens (including phenoxy) is 1. The Kier molecular flexibility index (Phi) is 4.53. The Hall–Kier alpha value is -2.58. The third-order valence-electron chi connectivity index (χ3n) is 4.96. The molecule has 2 unspecified atom stereocenters. The molecule has 2 aliphatic rings. The lowest BCUT2D eigenvalue weighted by atomic mass is 9.84. The topological polar surface area (TPSA) is 68.5 Å². The van der Waals surface area contributed by atoms with Crippen molar-refractivity contribution in [2.24, 2.45) is 0 Å². The van der Waals surface area contributed by atoms with Gasteiger partial charge in [-0.2, -0.15) is 4.98 Å². The molecule has 1 saturated carbocycles. The molecule has 0 spiro atoms. The van der Waals surface area contributed by atoms with Gasteiger partial charge in [-0.3, -0.25) is 4.79 Å². The molecule has 27 heavy (non-hydrogen) atoms. The van der Waals surface area contributed by atoms with Crippen molar-refractivity contribution in [2.45, 2.75) is 43.4 Å². The van der Waals surface area contributed by atoms with E-state index in [9.17, 15) is 18.0 Å². The molecular formula is C18H18F3N3O3. The van der Waals surface area contributed by atoms with Crippen molar-refractivity contribution in [2.75, 3.05) is 13.1 Å². The summed E-state index contributed by atoms with van der Waals surface area (Å²) in [5, 5.41) is 4.03. The summed E-state index contributed by atoms with van der Waals surface area (Å²) in [6.45, 7) is 0.977. The molecule has 9 heteroatoms. The summed E-state index contributed by atoms with van der Waals surface area (Å²) < 4.78 is 46.2. The molecule has 2 heterocycles. The monoisotopic (exact) mass is 381 g/mol. The van der Waals surface area contributed by atoms with Crippen LogP contribution in [0.1, 0.15) is 54.3 Å². The smallest absolute Gasteiger partial charge is 0.406 e. The molecular weight excluding hydrogens is 363 g/mol. The van der Waals surface area contributed by atoms with Gasteiger partial charge in [0.25, 0.3) is 0 Å². The average molecular weight is 381 g/mol. The van der Waals surface area contributed by atoms with E-state index in [0.717, 1.165) is 30.6 Å². The fourth-order valence-corrected chi connectivity index (χ4v) is 3.50. The van der Waals surface area contributed by atoms with E-state index >= 15 is 0 Å². The number of amides is 1. The van der Waals surface area contributed by atoms with Crippen molar-refractivity contribution >= 4 is 6.41 Å².